The van der Waals surface area contributed by atoms with E-state index in [9.17, 15) is 9.90 Å². The molecule has 2 aliphatic carbocycles. The molecule has 0 saturated heterocycles. The monoisotopic (exact) mass is 196 g/mol. The Morgan fingerprint density at radius 2 is 1.57 bits per heavy atom. The number of carbonyl (C=O) groups is 1. The van der Waals surface area contributed by atoms with Crippen LogP contribution in [0.1, 0.15) is 58.3 Å². The van der Waals surface area contributed by atoms with E-state index in [0.29, 0.717) is 0 Å². The number of rotatable bonds is 2. The van der Waals surface area contributed by atoms with Gasteiger partial charge in [-0.3, -0.25) is 4.79 Å². The predicted molar refractivity (Wildman–Crippen MR) is 55.0 cm³/mol. The van der Waals surface area contributed by atoms with E-state index < -0.39 is 5.60 Å². The molecule has 0 bridgehead atoms. The van der Waals surface area contributed by atoms with Crippen LogP contribution in [0.5, 0.6) is 0 Å². The second-order valence-electron chi connectivity index (χ2n) is 5.08. The smallest absolute Gasteiger partial charge is 0.138 e. The van der Waals surface area contributed by atoms with Crippen molar-refractivity contribution in [2.24, 2.45) is 5.41 Å². The highest BCUT2D eigenvalue weighted by molar-refractivity contribution is 5.84. The Morgan fingerprint density at radius 1 is 1.00 bits per heavy atom. The fraction of sp³-hybridized carbons (Fsp3) is 0.917. The Labute approximate surface area is 85.7 Å². The summed E-state index contributed by atoms with van der Waals surface area (Å²) in [6, 6.07) is 0. The van der Waals surface area contributed by atoms with Crippen molar-refractivity contribution in [1.82, 2.24) is 0 Å². The number of aliphatic hydroxyl groups is 1. The first-order valence-corrected chi connectivity index (χ1v) is 5.84. The van der Waals surface area contributed by atoms with Gasteiger partial charge in [0.15, 0.2) is 0 Å². The Hall–Kier alpha value is -0.370. The van der Waals surface area contributed by atoms with Crippen molar-refractivity contribution < 1.29 is 9.90 Å². The maximum atomic E-state index is 11.7. The molecule has 0 unspecified atom stereocenters. The quantitative estimate of drug-likeness (QED) is 0.736. The highest BCUT2D eigenvalue weighted by Crippen LogP contribution is 2.55. The molecule has 0 aromatic rings. The largest absolute Gasteiger partial charge is 0.389 e. The molecule has 2 aliphatic rings. The van der Waals surface area contributed by atoms with Gasteiger partial charge in [0.1, 0.15) is 5.78 Å². The molecule has 2 rings (SSSR count). The van der Waals surface area contributed by atoms with E-state index in [4.69, 9.17) is 0 Å². The van der Waals surface area contributed by atoms with E-state index in [1.165, 1.54) is 6.42 Å². The Kier molecular flexibility index (Phi) is 2.42. The van der Waals surface area contributed by atoms with Crippen molar-refractivity contribution in [2.45, 2.75) is 63.9 Å². The summed E-state index contributed by atoms with van der Waals surface area (Å²) >= 11 is 0. The molecule has 0 atom stereocenters. The van der Waals surface area contributed by atoms with Gasteiger partial charge in [-0.05, 0) is 32.6 Å². The Bertz CT molecular complexity index is 235. The molecule has 14 heavy (non-hydrogen) atoms. The van der Waals surface area contributed by atoms with E-state index in [2.05, 4.69) is 0 Å². The number of carbonyl (C=O) groups excluding carboxylic acids is 1. The topological polar surface area (TPSA) is 37.3 Å². The van der Waals surface area contributed by atoms with E-state index in [1.807, 2.05) is 0 Å². The average molecular weight is 196 g/mol. The first kappa shape index (κ1) is 10.2. The zero-order valence-corrected chi connectivity index (χ0v) is 9.01. The molecule has 0 aromatic heterocycles. The maximum Gasteiger partial charge on any atom is 0.138 e. The second-order valence-corrected chi connectivity index (χ2v) is 5.08. The summed E-state index contributed by atoms with van der Waals surface area (Å²) in [5, 5.41) is 10.6. The third-order valence-corrected chi connectivity index (χ3v) is 4.45. The van der Waals surface area contributed by atoms with Gasteiger partial charge >= 0.3 is 0 Å². The minimum absolute atomic E-state index is 0.216. The van der Waals surface area contributed by atoms with Gasteiger partial charge in [0.05, 0.1) is 11.0 Å². The van der Waals surface area contributed by atoms with Crippen LogP contribution in [0.2, 0.25) is 0 Å². The number of Topliss-reactive ketones (excluding diaryl/α,β-unsaturated/α-hetero) is 1. The number of ketones is 1. The summed E-state index contributed by atoms with van der Waals surface area (Å²) in [7, 11) is 0. The lowest BCUT2D eigenvalue weighted by molar-refractivity contribution is -0.170. The maximum absolute atomic E-state index is 11.7. The van der Waals surface area contributed by atoms with Gasteiger partial charge in [-0.25, -0.2) is 0 Å². The number of hydrogen-bond donors (Lipinski definition) is 1. The van der Waals surface area contributed by atoms with Crippen molar-refractivity contribution in [2.75, 3.05) is 0 Å². The van der Waals surface area contributed by atoms with E-state index in [-0.39, 0.29) is 11.2 Å². The van der Waals surface area contributed by atoms with E-state index in [0.717, 1.165) is 44.9 Å². The van der Waals surface area contributed by atoms with Gasteiger partial charge in [-0.15, -0.1) is 0 Å². The summed E-state index contributed by atoms with van der Waals surface area (Å²) < 4.78 is 0. The van der Waals surface area contributed by atoms with Gasteiger partial charge in [0.2, 0.25) is 0 Å². The highest BCUT2D eigenvalue weighted by Gasteiger charge is 2.56. The van der Waals surface area contributed by atoms with Crippen LogP contribution in [0.4, 0.5) is 0 Å². The number of hydrogen-bond acceptors (Lipinski definition) is 2. The summed E-state index contributed by atoms with van der Waals surface area (Å²) in [5.74, 6) is 0.216. The highest BCUT2D eigenvalue weighted by atomic mass is 16.3. The van der Waals surface area contributed by atoms with Crippen LogP contribution in [0.15, 0.2) is 0 Å². The van der Waals surface area contributed by atoms with Crippen LogP contribution >= 0.6 is 0 Å². The predicted octanol–water partition coefficient (Wildman–Crippen LogP) is 2.44. The lowest BCUT2D eigenvalue weighted by Crippen LogP contribution is -2.57. The van der Waals surface area contributed by atoms with Crippen molar-refractivity contribution >= 4 is 5.78 Å². The van der Waals surface area contributed by atoms with Crippen LogP contribution in [-0.2, 0) is 4.79 Å². The van der Waals surface area contributed by atoms with Crippen molar-refractivity contribution in [3.05, 3.63) is 0 Å². The third kappa shape index (κ3) is 1.23. The molecule has 2 fully saturated rings. The van der Waals surface area contributed by atoms with Gasteiger partial charge in [0.25, 0.3) is 0 Å². The first-order chi connectivity index (χ1) is 6.61. The van der Waals surface area contributed by atoms with Gasteiger partial charge in [0, 0.05) is 0 Å². The molecule has 2 saturated carbocycles. The molecular formula is C12H20O2. The first-order valence-electron chi connectivity index (χ1n) is 5.84. The average Bonchev–Trinajstić information content (AvgIpc) is 2.01. The van der Waals surface area contributed by atoms with Crippen LogP contribution < -0.4 is 0 Å². The van der Waals surface area contributed by atoms with E-state index >= 15 is 0 Å². The zero-order chi connectivity index (χ0) is 10.2. The lowest BCUT2D eigenvalue weighted by atomic mass is 9.53. The van der Waals surface area contributed by atoms with Crippen molar-refractivity contribution in [3.63, 3.8) is 0 Å². The minimum Gasteiger partial charge on any atom is -0.389 e. The molecule has 0 aliphatic heterocycles. The summed E-state index contributed by atoms with van der Waals surface area (Å²) in [4.78, 5) is 11.7. The van der Waals surface area contributed by atoms with Gasteiger partial charge in [-0.2, -0.15) is 0 Å². The SMILES string of the molecule is CC(=O)C1(C2(O)CCCCC2)CCC1. The standard InChI is InChI=1S/C12H20O2/c1-10(13)11(6-5-7-11)12(14)8-3-2-4-9-12/h14H,2-9H2,1H3. The molecule has 0 heterocycles. The molecule has 2 nitrogen and oxygen atoms in total. The molecule has 0 spiro atoms. The molecule has 1 N–H and O–H groups in total. The minimum atomic E-state index is -0.657. The van der Waals surface area contributed by atoms with Crippen molar-refractivity contribution in [1.29, 1.82) is 0 Å². The van der Waals surface area contributed by atoms with Crippen LogP contribution in [-0.4, -0.2) is 16.5 Å². The Balaban J connectivity index is 2.21. The van der Waals surface area contributed by atoms with Crippen molar-refractivity contribution in [3.8, 4) is 0 Å². The molecule has 0 aromatic carbocycles. The molecule has 0 radical (unpaired) electrons. The van der Waals surface area contributed by atoms with Crippen LogP contribution in [0.25, 0.3) is 0 Å². The van der Waals surface area contributed by atoms with Crippen LogP contribution in [0, 0.1) is 5.41 Å². The summed E-state index contributed by atoms with van der Waals surface area (Å²) in [6.07, 6.45) is 8.02. The van der Waals surface area contributed by atoms with Gasteiger partial charge in [-0.1, -0.05) is 25.7 Å². The molecule has 80 valence electrons. The summed E-state index contributed by atoms with van der Waals surface area (Å²) in [6.45, 7) is 1.66. The van der Waals surface area contributed by atoms with Gasteiger partial charge < -0.3 is 5.11 Å². The molecule has 2 heteroatoms. The second kappa shape index (κ2) is 3.34. The zero-order valence-electron chi connectivity index (χ0n) is 9.01. The fourth-order valence-corrected chi connectivity index (χ4v) is 3.29. The normalized spacial score (nSPS) is 29.3. The lowest BCUT2D eigenvalue weighted by Gasteiger charge is -2.53. The van der Waals surface area contributed by atoms with Crippen LogP contribution in [0.3, 0.4) is 0 Å². The molecule has 0 amide bonds. The summed E-state index contributed by atoms with van der Waals surface area (Å²) in [5.41, 5.74) is -1.01. The third-order valence-electron chi connectivity index (χ3n) is 4.45. The molecular weight excluding hydrogens is 176 g/mol. The van der Waals surface area contributed by atoms with E-state index in [1.54, 1.807) is 6.92 Å². The Morgan fingerprint density at radius 3 is 1.93 bits per heavy atom. The fourth-order valence-electron chi connectivity index (χ4n) is 3.29.